The summed E-state index contributed by atoms with van der Waals surface area (Å²) in [5, 5.41) is 6.50. The van der Waals surface area contributed by atoms with E-state index < -0.39 is 0 Å². The number of anilines is 1. The van der Waals surface area contributed by atoms with Crippen molar-refractivity contribution in [3.05, 3.63) is 65.2 Å². The Hall–Kier alpha value is -2.82. The highest BCUT2D eigenvalue weighted by Gasteiger charge is 2.36. The highest BCUT2D eigenvalue weighted by molar-refractivity contribution is 5.99. The van der Waals surface area contributed by atoms with Gasteiger partial charge in [-0.15, -0.1) is 0 Å². The third-order valence-electron chi connectivity index (χ3n) is 5.43. The third-order valence-corrected chi connectivity index (χ3v) is 5.43. The first-order valence-electron chi connectivity index (χ1n) is 10.3. The molecule has 29 heavy (non-hydrogen) atoms. The molecule has 0 saturated heterocycles. The smallest absolute Gasteiger partial charge is 0.256 e. The lowest BCUT2D eigenvalue weighted by atomic mass is 10.1. The molecule has 0 spiro atoms. The number of carbonyl (C=O) groups excluding carboxylic acids is 2. The summed E-state index contributed by atoms with van der Waals surface area (Å²) in [7, 11) is 0. The molecule has 0 aromatic heterocycles. The molecule has 5 nitrogen and oxygen atoms in total. The van der Waals surface area contributed by atoms with Crippen molar-refractivity contribution in [3.63, 3.8) is 0 Å². The van der Waals surface area contributed by atoms with Gasteiger partial charge in [-0.3, -0.25) is 9.59 Å². The van der Waals surface area contributed by atoms with Crippen LogP contribution in [0.3, 0.4) is 0 Å². The lowest BCUT2D eigenvalue weighted by Crippen LogP contribution is -2.36. The normalized spacial score (nSPS) is 16.9. The van der Waals surface area contributed by atoms with E-state index in [1.165, 1.54) is 0 Å². The van der Waals surface area contributed by atoms with Crippen LogP contribution in [0.2, 0.25) is 0 Å². The maximum absolute atomic E-state index is 12.9. The Kier molecular flexibility index (Phi) is 6.26. The lowest BCUT2D eigenvalue weighted by molar-refractivity contribution is 0.0720. The van der Waals surface area contributed by atoms with E-state index in [0.717, 1.165) is 16.8 Å². The second-order valence-corrected chi connectivity index (χ2v) is 8.57. The Morgan fingerprint density at radius 1 is 1.00 bits per heavy atom. The van der Waals surface area contributed by atoms with E-state index >= 15 is 0 Å². The standard InChI is InChI=1S/C24H31N3O2/c1-15(2)14-27-22(20-8-6-7-9-21(20)24(27)29)26-19-12-10-18(11-13-19)23(28)25-17(5)16(3)4/h6-13,15-17,22,26H,14H2,1-5H3,(H,25,28)/t17-,22+/m1/s1. The molecule has 0 saturated carbocycles. The van der Waals surface area contributed by atoms with Crippen LogP contribution in [0.1, 0.15) is 67.1 Å². The molecule has 5 heteroatoms. The zero-order valence-corrected chi connectivity index (χ0v) is 17.9. The number of benzene rings is 2. The summed E-state index contributed by atoms with van der Waals surface area (Å²) in [6, 6.07) is 15.3. The van der Waals surface area contributed by atoms with E-state index in [1.54, 1.807) is 0 Å². The summed E-state index contributed by atoms with van der Waals surface area (Å²) in [6.07, 6.45) is -0.207. The number of hydrogen-bond acceptors (Lipinski definition) is 3. The molecule has 0 unspecified atom stereocenters. The highest BCUT2D eigenvalue weighted by atomic mass is 16.2. The van der Waals surface area contributed by atoms with Crippen molar-refractivity contribution in [2.75, 3.05) is 11.9 Å². The maximum atomic E-state index is 12.9. The largest absolute Gasteiger partial charge is 0.361 e. The fourth-order valence-corrected chi connectivity index (χ4v) is 3.44. The molecule has 2 aromatic carbocycles. The fraction of sp³-hybridized carbons (Fsp3) is 0.417. The fourth-order valence-electron chi connectivity index (χ4n) is 3.44. The van der Waals surface area contributed by atoms with Crippen molar-refractivity contribution < 1.29 is 9.59 Å². The zero-order chi connectivity index (χ0) is 21.1. The second-order valence-electron chi connectivity index (χ2n) is 8.57. The molecular formula is C24H31N3O2. The number of nitrogens with zero attached hydrogens (tertiary/aromatic N) is 1. The molecule has 154 valence electrons. The number of rotatable bonds is 7. The molecule has 1 aliphatic rings. The molecule has 0 radical (unpaired) electrons. The SMILES string of the molecule is CC(C)CN1C(=O)c2ccccc2[C@H]1Nc1ccc(C(=O)N[C@H](C)C(C)C)cc1. The van der Waals surface area contributed by atoms with E-state index in [-0.39, 0.29) is 24.0 Å². The topological polar surface area (TPSA) is 61.4 Å². The molecule has 2 aromatic rings. The maximum Gasteiger partial charge on any atom is 0.256 e. The van der Waals surface area contributed by atoms with Crippen molar-refractivity contribution in [1.29, 1.82) is 0 Å². The lowest BCUT2D eigenvalue weighted by Gasteiger charge is -2.28. The number of fused-ring (bicyclic) bond motifs is 1. The van der Waals surface area contributed by atoms with E-state index in [2.05, 4.69) is 38.3 Å². The van der Waals surface area contributed by atoms with Gasteiger partial charge < -0.3 is 15.5 Å². The number of hydrogen-bond donors (Lipinski definition) is 2. The van der Waals surface area contributed by atoms with Crippen LogP contribution in [-0.4, -0.2) is 29.3 Å². The molecule has 1 heterocycles. The molecule has 0 bridgehead atoms. The molecule has 2 atom stereocenters. The Morgan fingerprint density at radius 2 is 1.66 bits per heavy atom. The molecule has 2 N–H and O–H groups in total. The van der Waals surface area contributed by atoms with E-state index in [9.17, 15) is 9.59 Å². The van der Waals surface area contributed by atoms with Crippen LogP contribution in [0.25, 0.3) is 0 Å². The van der Waals surface area contributed by atoms with Crippen molar-refractivity contribution in [2.45, 2.75) is 46.8 Å². The van der Waals surface area contributed by atoms with Crippen molar-refractivity contribution >= 4 is 17.5 Å². The number of nitrogens with one attached hydrogen (secondary N) is 2. The van der Waals surface area contributed by atoms with Crippen molar-refractivity contribution in [2.24, 2.45) is 11.8 Å². The van der Waals surface area contributed by atoms with Crippen LogP contribution in [0.15, 0.2) is 48.5 Å². The molecule has 1 aliphatic heterocycles. The predicted molar refractivity (Wildman–Crippen MR) is 117 cm³/mol. The Labute approximate surface area is 173 Å². The van der Waals surface area contributed by atoms with Gasteiger partial charge in [-0.1, -0.05) is 45.9 Å². The minimum Gasteiger partial charge on any atom is -0.361 e. The van der Waals surface area contributed by atoms with Gasteiger partial charge in [0.25, 0.3) is 11.8 Å². The molecule has 2 amide bonds. The van der Waals surface area contributed by atoms with E-state index in [4.69, 9.17) is 0 Å². The van der Waals surface area contributed by atoms with Crippen LogP contribution in [0.5, 0.6) is 0 Å². The van der Waals surface area contributed by atoms with Crippen LogP contribution < -0.4 is 10.6 Å². The molecule has 0 aliphatic carbocycles. The quantitative estimate of drug-likeness (QED) is 0.718. The first kappa shape index (κ1) is 20.9. The van der Waals surface area contributed by atoms with Gasteiger partial charge in [0.2, 0.25) is 0 Å². The third kappa shape index (κ3) is 4.61. The van der Waals surface area contributed by atoms with Gasteiger partial charge in [0.15, 0.2) is 0 Å². The summed E-state index contributed by atoms with van der Waals surface area (Å²) >= 11 is 0. The Bertz CT molecular complexity index is 874. The average Bonchev–Trinajstić information content (AvgIpc) is 2.94. The van der Waals surface area contributed by atoms with Crippen LogP contribution in [-0.2, 0) is 0 Å². The first-order chi connectivity index (χ1) is 13.8. The van der Waals surface area contributed by atoms with Gasteiger partial charge in [0.1, 0.15) is 6.17 Å². The van der Waals surface area contributed by atoms with Gasteiger partial charge in [-0.25, -0.2) is 0 Å². The zero-order valence-electron chi connectivity index (χ0n) is 17.9. The van der Waals surface area contributed by atoms with Crippen LogP contribution >= 0.6 is 0 Å². The van der Waals surface area contributed by atoms with E-state index in [0.29, 0.717) is 23.9 Å². The minimum absolute atomic E-state index is 0.0606. The summed E-state index contributed by atoms with van der Waals surface area (Å²) < 4.78 is 0. The average molecular weight is 394 g/mol. The number of amides is 2. The monoisotopic (exact) mass is 393 g/mol. The van der Waals surface area contributed by atoms with Crippen LogP contribution in [0, 0.1) is 11.8 Å². The summed E-state index contributed by atoms with van der Waals surface area (Å²) in [5.41, 5.74) is 3.25. The molecule has 0 fully saturated rings. The van der Waals surface area contributed by atoms with Gasteiger partial charge in [0.05, 0.1) is 0 Å². The number of carbonyl (C=O) groups is 2. The highest BCUT2D eigenvalue weighted by Crippen LogP contribution is 2.34. The van der Waals surface area contributed by atoms with Crippen molar-refractivity contribution in [1.82, 2.24) is 10.2 Å². The molecule has 3 rings (SSSR count). The van der Waals surface area contributed by atoms with Gasteiger partial charge in [-0.2, -0.15) is 0 Å². The summed E-state index contributed by atoms with van der Waals surface area (Å²) in [6.45, 7) is 11.1. The van der Waals surface area contributed by atoms with Crippen LogP contribution in [0.4, 0.5) is 5.69 Å². The van der Waals surface area contributed by atoms with Gasteiger partial charge >= 0.3 is 0 Å². The summed E-state index contributed by atoms with van der Waals surface area (Å²) in [4.78, 5) is 27.2. The Balaban J connectivity index is 1.77. The predicted octanol–water partition coefficient (Wildman–Crippen LogP) is 4.68. The Morgan fingerprint density at radius 3 is 2.28 bits per heavy atom. The first-order valence-corrected chi connectivity index (χ1v) is 10.3. The summed E-state index contributed by atoms with van der Waals surface area (Å²) in [5.74, 6) is 0.740. The van der Waals surface area contributed by atoms with Gasteiger partial charge in [-0.05, 0) is 49.1 Å². The van der Waals surface area contributed by atoms with E-state index in [1.807, 2.05) is 60.4 Å². The minimum atomic E-state index is -0.207. The second kappa shape index (κ2) is 8.68. The van der Waals surface area contributed by atoms with Gasteiger partial charge in [0, 0.05) is 35.0 Å². The van der Waals surface area contributed by atoms with Crippen molar-refractivity contribution in [3.8, 4) is 0 Å². The molecular weight excluding hydrogens is 362 g/mol.